The molecule has 0 aliphatic carbocycles. The van der Waals surface area contributed by atoms with Gasteiger partial charge >= 0.3 is 5.63 Å². The second-order valence-corrected chi connectivity index (χ2v) is 4.35. The van der Waals surface area contributed by atoms with Crippen LogP contribution < -0.4 is 21.6 Å². The van der Waals surface area contributed by atoms with Crippen molar-refractivity contribution in [3.8, 4) is 5.75 Å². The van der Waals surface area contributed by atoms with Crippen molar-refractivity contribution in [2.45, 2.75) is 19.8 Å². The van der Waals surface area contributed by atoms with Crippen molar-refractivity contribution in [3.05, 3.63) is 40.2 Å². The van der Waals surface area contributed by atoms with E-state index in [-0.39, 0.29) is 6.61 Å². The summed E-state index contributed by atoms with van der Waals surface area (Å²) in [6.45, 7) is 1.85. The zero-order chi connectivity index (χ0) is 14.5. The SMILES string of the molecule is CCCc1cc(=O)oc2cc(OCC(=O)NN)ccc12. The molecule has 1 heterocycles. The van der Waals surface area contributed by atoms with E-state index in [0.717, 1.165) is 23.8 Å². The minimum absolute atomic E-state index is 0.194. The summed E-state index contributed by atoms with van der Waals surface area (Å²) in [5.74, 6) is 4.96. The second kappa shape index (κ2) is 6.21. The predicted octanol–water partition coefficient (Wildman–Crippen LogP) is 1.11. The number of hydrazine groups is 1. The summed E-state index contributed by atoms with van der Waals surface area (Å²) in [6, 6.07) is 6.65. The molecule has 20 heavy (non-hydrogen) atoms. The lowest BCUT2D eigenvalue weighted by Gasteiger charge is -2.07. The van der Waals surface area contributed by atoms with Crippen LogP contribution >= 0.6 is 0 Å². The van der Waals surface area contributed by atoms with Crippen molar-refractivity contribution in [2.24, 2.45) is 5.84 Å². The van der Waals surface area contributed by atoms with Crippen LogP contribution in [0.3, 0.4) is 0 Å². The molecule has 0 atom stereocenters. The Balaban J connectivity index is 2.34. The molecule has 3 N–H and O–H groups in total. The maximum atomic E-state index is 11.5. The molecule has 2 aromatic rings. The van der Waals surface area contributed by atoms with Gasteiger partial charge in [0.1, 0.15) is 11.3 Å². The number of hydrogen-bond donors (Lipinski definition) is 2. The smallest absolute Gasteiger partial charge is 0.336 e. The molecule has 0 radical (unpaired) electrons. The van der Waals surface area contributed by atoms with Crippen molar-refractivity contribution < 1.29 is 13.9 Å². The molecule has 2 rings (SSSR count). The molecule has 1 aromatic heterocycles. The minimum Gasteiger partial charge on any atom is -0.484 e. The fourth-order valence-electron chi connectivity index (χ4n) is 1.97. The summed E-state index contributed by atoms with van der Waals surface area (Å²) in [7, 11) is 0. The standard InChI is InChI=1S/C14H16N2O4/c1-2-3-9-6-14(18)20-12-7-10(4-5-11(9)12)19-8-13(17)16-15/h4-7H,2-3,8,15H2,1H3,(H,16,17). The number of carbonyl (C=O) groups is 1. The molecule has 0 aliphatic rings. The molecule has 0 saturated carbocycles. The lowest BCUT2D eigenvalue weighted by Crippen LogP contribution is -2.34. The van der Waals surface area contributed by atoms with Gasteiger partial charge in [0.15, 0.2) is 6.61 Å². The highest BCUT2D eigenvalue weighted by molar-refractivity contribution is 5.82. The predicted molar refractivity (Wildman–Crippen MR) is 74.3 cm³/mol. The Morgan fingerprint density at radius 1 is 1.40 bits per heavy atom. The molecular formula is C14H16N2O4. The third-order valence-corrected chi connectivity index (χ3v) is 2.85. The zero-order valence-electron chi connectivity index (χ0n) is 11.1. The molecule has 0 unspecified atom stereocenters. The Hall–Kier alpha value is -2.34. The number of rotatable bonds is 5. The van der Waals surface area contributed by atoms with Crippen LogP contribution in [-0.4, -0.2) is 12.5 Å². The minimum atomic E-state index is -0.439. The van der Waals surface area contributed by atoms with Crippen LogP contribution in [0.25, 0.3) is 11.0 Å². The van der Waals surface area contributed by atoms with Crippen LogP contribution in [0.5, 0.6) is 5.75 Å². The lowest BCUT2D eigenvalue weighted by atomic mass is 10.1. The number of carbonyl (C=O) groups excluding carboxylic acids is 1. The summed E-state index contributed by atoms with van der Waals surface area (Å²) in [5, 5.41) is 0.877. The van der Waals surface area contributed by atoms with E-state index < -0.39 is 11.5 Å². The quantitative estimate of drug-likeness (QED) is 0.369. The van der Waals surface area contributed by atoms with Gasteiger partial charge in [-0.15, -0.1) is 0 Å². The van der Waals surface area contributed by atoms with Gasteiger partial charge < -0.3 is 9.15 Å². The normalized spacial score (nSPS) is 10.5. The van der Waals surface area contributed by atoms with Crippen LogP contribution in [0.1, 0.15) is 18.9 Å². The van der Waals surface area contributed by atoms with Gasteiger partial charge in [-0.2, -0.15) is 0 Å². The fourth-order valence-corrected chi connectivity index (χ4v) is 1.97. The number of nitrogens with two attached hydrogens (primary N) is 1. The van der Waals surface area contributed by atoms with Gasteiger partial charge in [-0.3, -0.25) is 10.2 Å². The summed E-state index contributed by atoms with van der Waals surface area (Å²) in [6.07, 6.45) is 1.74. The monoisotopic (exact) mass is 276 g/mol. The lowest BCUT2D eigenvalue weighted by molar-refractivity contribution is -0.123. The highest BCUT2D eigenvalue weighted by Gasteiger charge is 2.07. The molecule has 1 aromatic carbocycles. The number of aryl methyl sites for hydroxylation is 1. The van der Waals surface area contributed by atoms with Crippen molar-refractivity contribution in [1.82, 2.24) is 5.43 Å². The highest BCUT2D eigenvalue weighted by atomic mass is 16.5. The number of fused-ring (bicyclic) bond motifs is 1. The first kappa shape index (κ1) is 14.1. The molecule has 6 heteroatoms. The maximum absolute atomic E-state index is 11.5. The van der Waals surface area contributed by atoms with Gasteiger partial charge in [-0.05, 0) is 24.1 Å². The second-order valence-electron chi connectivity index (χ2n) is 4.35. The number of amides is 1. The Bertz CT molecular complexity index is 678. The van der Waals surface area contributed by atoms with E-state index in [9.17, 15) is 9.59 Å². The molecule has 1 amide bonds. The van der Waals surface area contributed by atoms with Crippen LogP contribution in [0.15, 0.2) is 33.5 Å². The topological polar surface area (TPSA) is 94.6 Å². The van der Waals surface area contributed by atoms with Crippen LogP contribution in [0, 0.1) is 0 Å². The van der Waals surface area contributed by atoms with E-state index >= 15 is 0 Å². The third-order valence-electron chi connectivity index (χ3n) is 2.85. The van der Waals surface area contributed by atoms with Gasteiger partial charge in [0.25, 0.3) is 5.91 Å². The Labute approximate surface area is 115 Å². The van der Waals surface area contributed by atoms with E-state index in [1.54, 1.807) is 12.1 Å². The summed E-state index contributed by atoms with van der Waals surface area (Å²) < 4.78 is 10.4. The van der Waals surface area contributed by atoms with Crippen LogP contribution in [0.2, 0.25) is 0 Å². The van der Waals surface area contributed by atoms with E-state index in [4.69, 9.17) is 15.0 Å². The molecule has 106 valence electrons. The van der Waals surface area contributed by atoms with Gasteiger partial charge in [-0.25, -0.2) is 10.6 Å². The van der Waals surface area contributed by atoms with Crippen molar-refractivity contribution >= 4 is 16.9 Å². The van der Waals surface area contributed by atoms with Gasteiger partial charge in [0, 0.05) is 17.5 Å². The van der Waals surface area contributed by atoms with Crippen LogP contribution in [0.4, 0.5) is 0 Å². The van der Waals surface area contributed by atoms with E-state index in [2.05, 4.69) is 0 Å². The fraction of sp³-hybridized carbons (Fsp3) is 0.286. The Morgan fingerprint density at radius 2 is 2.20 bits per heavy atom. The first-order valence-corrected chi connectivity index (χ1v) is 6.33. The molecule has 0 aliphatic heterocycles. The first-order valence-electron chi connectivity index (χ1n) is 6.33. The summed E-state index contributed by atoms with van der Waals surface area (Å²) in [4.78, 5) is 22.5. The highest BCUT2D eigenvalue weighted by Crippen LogP contribution is 2.23. The molecule has 0 saturated heterocycles. The average molecular weight is 276 g/mol. The van der Waals surface area contributed by atoms with Crippen molar-refractivity contribution in [3.63, 3.8) is 0 Å². The number of benzene rings is 1. The van der Waals surface area contributed by atoms with Crippen LogP contribution in [-0.2, 0) is 11.2 Å². The largest absolute Gasteiger partial charge is 0.484 e. The van der Waals surface area contributed by atoms with E-state index in [1.165, 1.54) is 6.07 Å². The summed E-state index contributed by atoms with van der Waals surface area (Å²) >= 11 is 0. The van der Waals surface area contributed by atoms with E-state index in [0.29, 0.717) is 11.3 Å². The molecule has 6 nitrogen and oxygen atoms in total. The maximum Gasteiger partial charge on any atom is 0.336 e. The average Bonchev–Trinajstić information content (AvgIpc) is 2.44. The van der Waals surface area contributed by atoms with Gasteiger partial charge in [0.05, 0.1) is 0 Å². The third kappa shape index (κ3) is 3.16. The Kier molecular flexibility index (Phi) is 4.37. The number of ether oxygens (including phenoxy) is 1. The Morgan fingerprint density at radius 3 is 2.90 bits per heavy atom. The van der Waals surface area contributed by atoms with Crippen molar-refractivity contribution in [1.29, 1.82) is 0 Å². The molecule has 0 fully saturated rings. The first-order chi connectivity index (χ1) is 9.63. The van der Waals surface area contributed by atoms with Gasteiger partial charge in [0.2, 0.25) is 0 Å². The molecular weight excluding hydrogens is 260 g/mol. The zero-order valence-corrected chi connectivity index (χ0v) is 11.1. The number of nitrogens with one attached hydrogen (secondary N) is 1. The van der Waals surface area contributed by atoms with Crippen molar-refractivity contribution in [2.75, 3.05) is 6.61 Å². The van der Waals surface area contributed by atoms with E-state index in [1.807, 2.05) is 18.4 Å². The molecule has 0 bridgehead atoms. The molecule has 0 spiro atoms. The van der Waals surface area contributed by atoms with Gasteiger partial charge in [-0.1, -0.05) is 13.3 Å². The number of hydrogen-bond acceptors (Lipinski definition) is 5. The summed E-state index contributed by atoms with van der Waals surface area (Å²) in [5.41, 5.74) is 2.98.